The lowest BCUT2D eigenvalue weighted by atomic mass is 9.62. The maximum Gasteiger partial charge on any atom is 0.145 e. The molecule has 0 N–H and O–H groups in total. The van der Waals surface area contributed by atoms with E-state index < -0.39 is 10.8 Å². The van der Waals surface area contributed by atoms with Crippen LogP contribution in [0.4, 0.5) is 0 Å². The second-order valence-corrected chi connectivity index (χ2v) is 18.6. The lowest BCUT2D eigenvalue weighted by Crippen LogP contribution is -2.35. The monoisotopic (exact) mass is 822 g/mol. The van der Waals surface area contributed by atoms with Crippen molar-refractivity contribution in [2.75, 3.05) is 0 Å². The third-order valence-corrected chi connectivity index (χ3v) is 15.2. The van der Waals surface area contributed by atoms with Gasteiger partial charge in [-0.15, -0.1) is 0 Å². The van der Waals surface area contributed by atoms with Crippen molar-refractivity contribution in [1.29, 1.82) is 0 Å². The second kappa shape index (κ2) is 17.3. The van der Waals surface area contributed by atoms with Gasteiger partial charge in [0.25, 0.3) is 0 Å². The van der Waals surface area contributed by atoms with E-state index in [1.807, 2.05) is 0 Å². The molecular weight excluding hydrogens is 761 g/mol. The molecule has 316 valence electrons. The quantitative estimate of drug-likeness (QED) is 0.0949. The number of para-hydroxylation sites is 3. The molecule has 0 radical (unpaired) electrons. The van der Waals surface area contributed by atoms with E-state index in [2.05, 4.69) is 202 Å². The van der Waals surface area contributed by atoms with Gasteiger partial charge in [0, 0.05) is 16.4 Å². The first-order valence-corrected chi connectivity index (χ1v) is 24.1. The molecular formula is C61H62N2. The predicted octanol–water partition coefficient (Wildman–Crippen LogP) is 16.5. The largest absolute Gasteiger partial charge is 0.292 e. The van der Waals surface area contributed by atoms with Crippen LogP contribution in [0.15, 0.2) is 170 Å². The topological polar surface area (TPSA) is 17.8 Å². The number of aromatic nitrogens is 2. The van der Waals surface area contributed by atoms with Gasteiger partial charge in [0.2, 0.25) is 0 Å². The highest BCUT2D eigenvalue weighted by molar-refractivity contribution is 5.90. The minimum atomic E-state index is -0.419. The lowest BCUT2D eigenvalue weighted by Gasteiger charge is -2.42. The Hall–Kier alpha value is -5.99. The zero-order valence-electron chi connectivity index (χ0n) is 37.8. The number of unbranched alkanes of at least 4 members (excludes halogenated alkanes) is 2. The van der Waals surface area contributed by atoms with E-state index in [1.165, 1.54) is 99.8 Å². The molecule has 1 aromatic heterocycles. The van der Waals surface area contributed by atoms with Crippen LogP contribution in [0.25, 0.3) is 50.4 Å². The zero-order valence-corrected chi connectivity index (χ0v) is 37.8. The van der Waals surface area contributed by atoms with Crippen LogP contribution in [0.3, 0.4) is 0 Å². The molecule has 63 heavy (non-hydrogen) atoms. The maximum absolute atomic E-state index is 5.62. The van der Waals surface area contributed by atoms with Crippen LogP contribution in [-0.4, -0.2) is 9.55 Å². The van der Waals surface area contributed by atoms with Crippen molar-refractivity contribution in [2.24, 2.45) is 11.8 Å². The fourth-order valence-corrected chi connectivity index (χ4v) is 12.1. The van der Waals surface area contributed by atoms with E-state index in [-0.39, 0.29) is 0 Å². The summed E-state index contributed by atoms with van der Waals surface area (Å²) in [5.41, 5.74) is 17.7. The summed E-state index contributed by atoms with van der Waals surface area (Å²) in [6.07, 6.45) is 11.7. The minimum absolute atomic E-state index is 0.419. The molecule has 2 nitrogen and oxygen atoms in total. The molecule has 2 unspecified atom stereocenters. The summed E-state index contributed by atoms with van der Waals surface area (Å²) in [6, 6.07) is 64.9. The molecule has 1 heterocycles. The highest BCUT2D eigenvalue weighted by Gasteiger charge is 2.51. The highest BCUT2D eigenvalue weighted by Crippen LogP contribution is 2.62. The molecule has 0 spiro atoms. The first-order chi connectivity index (χ1) is 31.1. The average Bonchev–Trinajstić information content (AvgIpc) is 3.97. The van der Waals surface area contributed by atoms with Crippen LogP contribution in [0.1, 0.15) is 125 Å². The fraction of sp³-hybridized carbons (Fsp3) is 0.295. The normalized spacial score (nSPS) is 15.1. The number of hydrogen-bond donors (Lipinski definition) is 0. The molecule has 2 aliphatic rings. The molecule has 2 heteroatoms. The summed E-state index contributed by atoms with van der Waals surface area (Å²) >= 11 is 0. The lowest BCUT2D eigenvalue weighted by molar-refractivity contribution is 0.357. The van der Waals surface area contributed by atoms with Crippen LogP contribution < -0.4 is 0 Å². The number of nitrogens with zero attached hydrogens (tertiary/aromatic N) is 2. The molecule has 0 saturated carbocycles. The molecule has 2 aliphatic carbocycles. The molecule has 2 atom stereocenters. The Morgan fingerprint density at radius 3 is 1.27 bits per heavy atom. The standard InChI is InChI=1S/C61H62N2/c1-5-9-25-43(7-3)41-60(50-33-18-14-29-46(50)47-30-15-19-34-51(47)60)54-37-24-38-55(58(54)63-57-40-23-22-39-56(57)62-59(63)45-27-12-11-13-28-45)61(42-44(8-4)26-10-6-2)52-35-20-16-31-48(52)49-32-17-21-36-53(49)61/h11-24,27-40,43-44H,5-10,25-26,41-42H2,1-4H3. The van der Waals surface area contributed by atoms with Crippen molar-refractivity contribution >= 4 is 11.0 Å². The Labute approximate surface area is 376 Å². The zero-order chi connectivity index (χ0) is 43.0. The Bertz CT molecular complexity index is 2650. The van der Waals surface area contributed by atoms with E-state index in [9.17, 15) is 0 Å². The molecule has 0 bridgehead atoms. The number of imidazole rings is 1. The summed E-state index contributed by atoms with van der Waals surface area (Å²) in [5.74, 6) is 2.06. The van der Waals surface area contributed by atoms with Crippen molar-refractivity contribution in [3.8, 4) is 39.3 Å². The van der Waals surface area contributed by atoms with E-state index in [0.29, 0.717) is 11.8 Å². The molecule has 8 aromatic rings. The van der Waals surface area contributed by atoms with Crippen molar-refractivity contribution in [3.63, 3.8) is 0 Å². The SMILES string of the molecule is CCCCC(CC)CC1(c2cccc(C3(CC(CC)CCCC)c4ccccc4-c4ccccc43)c2-n2c(-c3ccccc3)nc3ccccc32)c2ccccc2-c2ccccc21. The number of hydrogen-bond acceptors (Lipinski definition) is 1. The third-order valence-electron chi connectivity index (χ3n) is 15.2. The van der Waals surface area contributed by atoms with Gasteiger partial charge in [-0.3, -0.25) is 4.57 Å². The number of rotatable bonds is 16. The average molecular weight is 823 g/mol. The van der Waals surface area contributed by atoms with Gasteiger partial charge >= 0.3 is 0 Å². The smallest absolute Gasteiger partial charge is 0.145 e. The van der Waals surface area contributed by atoms with E-state index in [1.54, 1.807) is 0 Å². The fourth-order valence-electron chi connectivity index (χ4n) is 12.1. The van der Waals surface area contributed by atoms with Gasteiger partial charge < -0.3 is 0 Å². The Balaban J connectivity index is 1.41. The van der Waals surface area contributed by atoms with Gasteiger partial charge in [0.15, 0.2) is 0 Å². The van der Waals surface area contributed by atoms with Gasteiger partial charge in [-0.25, -0.2) is 4.98 Å². The van der Waals surface area contributed by atoms with E-state index >= 15 is 0 Å². The van der Waals surface area contributed by atoms with Crippen LogP contribution >= 0.6 is 0 Å². The Kier molecular flexibility index (Phi) is 11.3. The predicted molar refractivity (Wildman–Crippen MR) is 266 cm³/mol. The minimum Gasteiger partial charge on any atom is -0.292 e. The molecule has 10 rings (SSSR count). The third kappa shape index (κ3) is 6.63. The van der Waals surface area contributed by atoms with Gasteiger partial charge in [-0.1, -0.05) is 237 Å². The van der Waals surface area contributed by atoms with Crippen molar-refractivity contribution in [2.45, 2.75) is 103 Å². The highest BCUT2D eigenvalue weighted by atomic mass is 15.1. The van der Waals surface area contributed by atoms with Crippen LogP contribution in [0.5, 0.6) is 0 Å². The summed E-state index contributed by atoms with van der Waals surface area (Å²) in [5, 5.41) is 0. The first-order valence-electron chi connectivity index (χ1n) is 24.1. The van der Waals surface area contributed by atoms with Gasteiger partial charge in [0.05, 0.1) is 16.7 Å². The summed E-state index contributed by atoms with van der Waals surface area (Å²) in [6.45, 7) is 9.55. The first kappa shape index (κ1) is 41.0. The maximum atomic E-state index is 5.62. The number of benzene rings is 7. The van der Waals surface area contributed by atoms with Crippen LogP contribution in [-0.2, 0) is 10.8 Å². The molecule has 0 aliphatic heterocycles. The van der Waals surface area contributed by atoms with Crippen molar-refractivity contribution in [3.05, 3.63) is 203 Å². The van der Waals surface area contributed by atoms with Gasteiger partial charge in [0.1, 0.15) is 5.82 Å². The second-order valence-electron chi connectivity index (χ2n) is 18.6. The molecule has 0 fully saturated rings. The van der Waals surface area contributed by atoms with Gasteiger partial charge in [-0.2, -0.15) is 0 Å². The molecule has 0 amide bonds. The van der Waals surface area contributed by atoms with Gasteiger partial charge in [-0.05, 0) is 92.4 Å². The summed E-state index contributed by atoms with van der Waals surface area (Å²) < 4.78 is 2.62. The van der Waals surface area contributed by atoms with E-state index in [4.69, 9.17) is 4.98 Å². The van der Waals surface area contributed by atoms with Crippen molar-refractivity contribution < 1.29 is 0 Å². The molecule has 0 saturated heterocycles. The summed E-state index contributed by atoms with van der Waals surface area (Å²) in [7, 11) is 0. The Morgan fingerprint density at radius 2 is 0.825 bits per heavy atom. The summed E-state index contributed by atoms with van der Waals surface area (Å²) in [4.78, 5) is 5.62. The van der Waals surface area contributed by atoms with E-state index in [0.717, 1.165) is 48.1 Å². The Morgan fingerprint density at radius 1 is 0.429 bits per heavy atom. The van der Waals surface area contributed by atoms with Crippen LogP contribution in [0.2, 0.25) is 0 Å². The molecule has 7 aromatic carbocycles. The van der Waals surface area contributed by atoms with Crippen molar-refractivity contribution in [1.82, 2.24) is 9.55 Å². The number of fused-ring (bicyclic) bond motifs is 7. The van der Waals surface area contributed by atoms with Crippen LogP contribution in [0, 0.1) is 11.8 Å².